The lowest BCUT2D eigenvalue weighted by Crippen LogP contribution is -2.44. The summed E-state index contributed by atoms with van der Waals surface area (Å²) in [7, 11) is -3.74. The van der Waals surface area contributed by atoms with E-state index in [1.54, 1.807) is 0 Å². The van der Waals surface area contributed by atoms with Crippen LogP contribution in [0.4, 0.5) is 8.78 Å². The van der Waals surface area contributed by atoms with Gasteiger partial charge >= 0.3 is 0 Å². The lowest BCUT2D eigenvalue weighted by atomic mass is 9.81. The molecular weight excluding hydrogens is 538 g/mol. The summed E-state index contributed by atoms with van der Waals surface area (Å²) < 4.78 is 53.4. The first-order chi connectivity index (χ1) is 18.4. The molecule has 1 aliphatic rings. The Kier molecular flexibility index (Phi) is 8.96. The summed E-state index contributed by atoms with van der Waals surface area (Å²) in [5.74, 6) is -1.63. The van der Waals surface area contributed by atoms with Crippen molar-refractivity contribution in [2.75, 3.05) is 19.3 Å². The van der Waals surface area contributed by atoms with Gasteiger partial charge in [-0.15, -0.1) is 0 Å². The van der Waals surface area contributed by atoms with Gasteiger partial charge in [0.1, 0.15) is 11.6 Å². The van der Waals surface area contributed by atoms with E-state index in [1.807, 2.05) is 24.3 Å². The first-order valence-electron chi connectivity index (χ1n) is 13.2. The second-order valence-corrected chi connectivity index (χ2v) is 12.9. The molecule has 0 aromatic heterocycles. The molecule has 1 atom stereocenters. The van der Waals surface area contributed by atoms with Crippen molar-refractivity contribution in [2.24, 2.45) is 5.73 Å². The first kappa shape index (κ1) is 29.4. The minimum absolute atomic E-state index is 0.0191. The molecule has 1 saturated heterocycles. The fraction of sp³-hybridized carbons (Fsp3) is 0.355. The van der Waals surface area contributed by atoms with Crippen LogP contribution in [-0.2, 0) is 15.4 Å². The Morgan fingerprint density at radius 3 is 1.87 bits per heavy atom. The Morgan fingerprint density at radius 1 is 0.923 bits per heavy atom. The molecule has 0 spiro atoms. The molecule has 4 nitrogen and oxygen atoms in total. The van der Waals surface area contributed by atoms with Gasteiger partial charge in [0.2, 0.25) is 0 Å². The van der Waals surface area contributed by atoms with Gasteiger partial charge in [0.05, 0.1) is 10.9 Å². The Labute approximate surface area is 235 Å². The van der Waals surface area contributed by atoms with Crippen molar-refractivity contribution in [1.82, 2.24) is 4.90 Å². The Morgan fingerprint density at radius 2 is 1.41 bits per heavy atom. The summed E-state index contributed by atoms with van der Waals surface area (Å²) in [6.07, 6.45) is 4.85. The van der Waals surface area contributed by atoms with Crippen LogP contribution in [0, 0.1) is 11.6 Å². The molecule has 0 saturated carbocycles. The lowest BCUT2D eigenvalue weighted by Gasteiger charge is -2.42. The fourth-order valence-electron chi connectivity index (χ4n) is 5.70. The van der Waals surface area contributed by atoms with Gasteiger partial charge in [-0.2, -0.15) is 0 Å². The Bertz CT molecular complexity index is 1420. The monoisotopic (exact) mass is 572 g/mol. The van der Waals surface area contributed by atoms with E-state index < -0.39 is 21.5 Å². The van der Waals surface area contributed by atoms with E-state index >= 15 is 0 Å². The highest BCUT2D eigenvalue weighted by Gasteiger charge is 2.35. The van der Waals surface area contributed by atoms with Crippen LogP contribution in [0.2, 0.25) is 5.02 Å². The molecule has 0 amide bonds. The number of hydrogen-bond donors (Lipinski definition) is 1. The van der Waals surface area contributed by atoms with Gasteiger partial charge in [-0.25, -0.2) is 17.2 Å². The van der Waals surface area contributed by atoms with Crippen LogP contribution in [-0.4, -0.2) is 32.7 Å². The summed E-state index contributed by atoms with van der Waals surface area (Å²) >= 11 is 6.17. The summed E-state index contributed by atoms with van der Waals surface area (Å²) in [6, 6.07) is 18.6. The minimum Gasteiger partial charge on any atom is -0.321 e. The molecular formula is C31H35ClF2N2O2S. The highest BCUT2D eigenvalue weighted by molar-refractivity contribution is 8.00. The predicted octanol–water partition coefficient (Wildman–Crippen LogP) is 7.23. The second kappa shape index (κ2) is 11.9. The van der Waals surface area contributed by atoms with Crippen LogP contribution >= 0.6 is 11.6 Å². The van der Waals surface area contributed by atoms with Crippen molar-refractivity contribution in [1.29, 1.82) is 0 Å². The predicted molar refractivity (Wildman–Crippen MR) is 155 cm³/mol. The van der Waals surface area contributed by atoms with Crippen LogP contribution < -0.4 is 5.73 Å². The fourth-order valence-corrected chi connectivity index (χ4v) is 7.02. The zero-order valence-electron chi connectivity index (χ0n) is 22.6. The van der Waals surface area contributed by atoms with Crippen molar-refractivity contribution in [3.05, 3.63) is 111 Å². The quantitative estimate of drug-likeness (QED) is 0.278. The third-order valence-electron chi connectivity index (χ3n) is 7.35. The van der Waals surface area contributed by atoms with Gasteiger partial charge in [0, 0.05) is 36.0 Å². The molecule has 0 aliphatic carbocycles. The number of nitrogens with two attached hydrogens (primary N) is 1. The van der Waals surface area contributed by atoms with Crippen molar-refractivity contribution in [2.45, 2.75) is 51.1 Å². The highest BCUT2D eigenvalue weighted by Crippen LogP contribution is 2.39. The molecule has 1 heterocycles. The van der Waals surface area contributed by atoms with E-state index in [1.165, 1.54) is 0 Å². The van der Waals surface area contributed by atoms with E-state index in [-0.39, 0.29) is 22.0 Å². The molecule has 3 aromatic carbocycles. The van der Waals surface area contributed by atoms with Crippen molar-refractivity contribution in [3.63, 3.8) is 0 Å². The zero-order valence-corrected chi connectivity index (χ0v) is 24.1. The lowest BCUT2D eigenvalue weighted by molar-refractivity contribution is 0.203. The van der Waals surface area contributed by atoms with Gasteiger partial charge in [-0.1, -0.05) is 74.7 Å². The van der Waals surface area contributed by atoms with Crippen molar-refractivity contribution < 1.29 is 17.2 Å². The number of benzene rings is 3. The number of halogens is 3. The van der Waals surface area contributed by atoms with E-state index in [2.05, 4.69) is 43.0 Å². The topological polar surface area (TPSA) is 63.4 Å². The van der Waals surface area contributed by atoms with E-state index in [0.717, 1.165) is 66.8 Å². The maximum atomic E-state index is 14.0. The van der Waals surface area contributed by atoms with Gasteiger partial charge in [-0.05, 0) is 64.9 Å². The number of sulfone groups is 1. The van der Waals surface area contributed by atoms with Gasteiger partial charge in [-0.3, -0.25) is 4.90 Å². The molecule has 0 bridgehead atoms. The normalized spacial score (nSPS) is 15.2. The summed E-state index contributed by atoms with van der Waals surface area (Å²) in [6.45, 7) is 4.95. The molecule has 8 heteroatoms. The second-order valence-electron chi connectivity index (χ2n) is 10.5. The van der Waals surface area contributed by atoms with Crippen LogP contribution in [0.25, 0.3) is 4.91 Å². The Hall–Kier alpha value is -2.58. The summed E-state index contributed by atoms with van der Waals surface area (Å²) in [4.78, 5) is 2.12. The molecule has 0 radical (unpaired) electrons. The Balaban J connectivity index is 1.72. The average Bonchev–Trinajstić information content (AvgIpc) is 2.83. The molecule has 1 fully saturated rings. The largest absolute Gasteiger partial charge is 0.321 e. The van der Waals surface area contributed by atoms with Crippen molar-refractivity contribution in [3.8, 4) is 0 Å². The van der Waals surface area contributed by atoms with Gasteiger partial charge in [0.25, 0.3) is 0 Å². The minimum atomic E-state index is -3.74. The molecule has 3 aromatic rings. The smallest absolute Gasteiger partial charge is 0.176 e. The zero-order chi connectivity index (χ0) is 28.4. The van der Waals surface area contributed by atoms with Crippen LogP contribution in [0.15, 0.2) is 72.3 Å². The third-order valence-corrected chi connectivity index (χ3v) is 8.87. The summed E-state index contributed by atoms with van der Waals surface area (Å²) in [5, 5.41) is 0.622. The van der Waals surface area contributed by atoms with E-state index in [9.17, 15) is 17.2 Å². The molecule has 4 rings (SSSR count). The number of likely N-dealkylation sites (tertiary alicyclic amines) is 1. The van der Waals surface area contributed by atoms with Crippen molar-refractivity contribution >= 4 is 26.3 Å². The maximum absolute atomic E-state index is 14.0. The first-order valence-corrected chi connectivity index (χ1v) is 15.5. The van der Waals surface area contributed by atoms with Gasteiger partial charge < -0.3 is 5.73 Å². The van der Waals surface area contributed by atoms with Crippen LogP contribution in [0.1, 0.15) is 67.8 Å². The van der Waals surface area contributed by atoms with Crippen LogP contribution in [0.3, 0.4) is 0 Å². The molecule has 2 N–H and O–H groups in total. The van der Waals surface area contributed by atoms with E-state index in [4.69, 9.17) is 17.3 Å². The number of rotatable bonds is 10. The molecule has 208 valence electrons. The molecule has 0 unspecified atom stereocenters. The number of hydrogen-bond acceptors (Lipinski definition) is 4. The SMILES string of the molecule is CCCC(N)(CCC)c1ccc([C@H](c2ccc(Cl)cc2)N2CC(=C(c3cc(F)cc(F)c3)S(C)(=O)=O)C2)cc1. The number of nitrogens with zero attached hydrogens (tertiary/aromatic N) is 1. The van der Waals surface area contributed by atoms with E-state index in [0.29, 0.717) is 23.7 Å². The average molecular weight is 573 g/mol. The van der Waals surface area contributed by atoms with Crippen LogP contribution in [0.5, 0.6) is 0 Å². The third kappa shape index (κ3) is 6.60. The maximum Gasteiger partial charge on any atom is 0.176 e. The standard InChI is InChI=1S/C31H35ClF2N2O2S/c1-4-14-31(35,15-5-2)25-10-6-21(7-11-25)29(22-8-12-26(32)13-9-22)36-19-24(20-36)30(39(3,37)38)23-16-27(33)18-28(34)17-23/h6-13,16-18,29H,4-5,14-15,19-20,35H2,1-3H3/t29-/m1/s1. The molecule has 39 heavy (non-hydrogen) atoms. The highest BCUT2D eigenvalue weighted by atomic mass is 35.5. The van der Waals surface area contributed by atoms with Gasteiger partial charge in [0.15, 0.2) is 9.84 Å². The molecule has 1 aliphatic heterocycles. The summed E-state index contributed by atoms with van der Waals surface area (Å²) in [5.41, 5.74) is 10.2.